The minimum absolute atomic E-state index is 0. The SMILES string of the molecule is CC(=O)Nc1ccc(O)c(N=Nc2ccc(S(=O)(=O)O)cc2)c1.[Na+]. The molecule has 0 aromatic heterocycles. The van der Waals surface area contributed by atoms with Crippen molar-refractivity contribution < 1.29 is 52.4 Å². The molecule has 8 nitrogen and oxygen atoms in total. The molecule has 2 aromatic rings. The molecular weight excluding hydrogens is 345 g/mol. The molecule has 0 heterocycles. The second kappa shape index (κ2) is 8.36. The van der Waals surface area contributed by atoms with Crippen molar-refractivity contribution in [3.63, 3.8) is 0 Å². The van der Waals surface area contributed by atoms with Gasteiger partial charge in [0.1, 0.15) is 11.4 Å². The normalized spacial score (nSPS) is 11.1. The first-order valence-corrected chi connectivity index (χ1v) is 7.79. The molecule has 0 aliphatic rings. The van der Waals surface area contributed by atoms with E-state index >= 15 is 0 Å². The van der Waals surface area contributed by atoms with Gasteiger partial charge in [-0.25, -0.2) is 0 Å². The number of amides is 1. The number of nitrogens with one attached hydrogen (secondary N) is 1. The largest absolute Gasteiger partial charge is 1.00 e. The first-order chi connectivity index (χ1) is 10.8. The summed E-state index contributed by atoms with van der Waals surface area (Å²) in [7, 11) is -4.26. The quantitative estimate of drug-likeness (QED) is 0.307. The Kier molecular flexibility index (Phi) is 7.06. The number of phenolic OH excluding ortho intramolecular Hbond substituents is 1. The topological polar surface area (TPSA) is 128 Å². The average molecular weight is 358 g/mol. The van der Waals surface area contributed by atoms with Gasteiger partial charge in [-0.1, -0.05) is 0 Å². The molecule has 0 aliphatic carbocycles. The van der Waals surface area contributed by atoms with Gasteiger partial charge in [-0.05, 0) is 42.5 Å². The van der Waals surface area contributed by atoms with E-state index in [0.717, 1.165) is 0 Å². The summed E-state index contributed by atoms with van der Waals surface area (Å²) in [6.45, 7) is 1.35. The van der Waals surface area contributed by atoms with Crippen molar-refractivity contribution in [3.05, 3.63) is 42.5 Å². The summed E-state index contributed by atoms with van der Waals surface area (Å²) in [4.78, 5) is 10.7. The van der Waals surface area contributed by atoms with Gasteiger partial charge in [-0.15, -0.1) is 5.11 Å². The molecule has 0 radical (unpaired) electrons. The molecule has 0 fully saturated rings. The van der Waals surface area contributed by atoms with Crippen LogP contribution in [0.15, 0.2) is 57.6 Å². The van der Waals surface area contributed by atoms with Crippen molar-refractivity contribution in [3.8, 4) is 5.75 Å². The average Bonchev–Trinajstić information content (AvgIpc) is 2.47. The van der Waals surface area contributed by atoms with Crippen molar-refractivity contribution >= 4 is 33.1 Å². The number of hydrogen-bond donors (Lipinski definition) is 3. The number of anilines is 1. The maximum absolute atomic E-state index is 11.0. The van der Waals surface area contributed by atoms with Gasteiger partial charge in [0.2, 0.25) is 5.91 Å². The molecule has 3 N–H and O–H groups in total. The van der Waals surface area contributed by atoms with Crippen LogP contribution in [0.2, 0.25) is 0 Å². The number of azo groups is 1. The Morgan fingerprint density at radius 3 is 2.25 bits per heavy atom. The number of carbonyl (C=O) groups is 1. The van der Waals surface area contributed by atoms with E-state index in [0.29, 0.717) is 11.4 Å². The van der Waals surface area contributed by atoms with Gasteiger partial charge in [0.05, 0.1) is 10.6 Å². The summed E-state index contributed by atoms with van der Waals surface area (Å²) in [6.07, 6.45) is 0. The Morgan fingerprint density at radius 1 is 1.08 bits per heavy atom. The first-order valence-electron chi connectivity index (χ1n) is 6.35. The number of phenols is 1. The fourth-order valence-electron chi connectivity index (χ4n) is 1.68. The van der Waals surface area contributed by atoms with Crippen molar-refractivity contribution in [2.24, 2.45) is 10.2 Å². The minimum Gasteiger partial charge on any atom is -0.506 e. The molecule has 0 bridgehead atoms. The number of hydrogen-bond acceptors (Lipinski definition) is 6. The predicted octanol–water partition coefficient (Wildman–Crippen LogP) is 0.0167. The fourth-order valence-corrected chi connectivity index (χ4v) is 2.16. The Labute approximate surface area is 160 Å². The van der Waals surface area contributed by atoms with Gasteiger partial charge in [0, 0.05) is 12.6 Å². The zero-order chi connectivity index (χ0) is 17.0. The summed E-state index contributed by atoms with van der Waals surface area (Å²) in [5.74, 6) is -0.392. The van der Waals surface area contributed by atoms with Crippen LogP contribution >= 0.6 is 0 Å². The van der Waals surface area contributed by atoms with Crippen LogP contribution in [0.5, 0.6) is 5.75 Å². The predicted molar refractivity (Wildman–Crippen MR) is 82.8 cm³/mol. The zero-order valence-electron chi connectivity index (χ0n) is 13.0. The van der Waals surface area contributed by atoms with Crippen LogP contribution < -0.4 is 34.9 Å². The third kappa shape index (κ3) is 5.69. The summed E-state index contributed by atoms with van der Waals surface area (Å²) < 4.78 is 30.7. The van der Waals surface area contributed by atoms with Crippen LogP contribution in [-0.4, -0.2) is 24.0 Å². The Balaban J connectivity index is 0.00000288. The van der Waals surface area contributed by atoms with Crippen LogP contribution in [0.4, 0.5) is 17.1 Å². The van der Waals surface area contributed by atoms with Crippen molar-refractivity contribution in [1.29, 1.82) is 0 Å². The van der Waals surface area contributed by atoms with E-state index in [2.05, 4.69) is 15.5 Å². The van der Waals surface area contributed by atoms with Gasteiger partial charge < -0.3 is 10.4 Å². The minimum atomic E-state index is -4.26. The zero-order valence-corrected chi connectivity index (χ0v) is 15.8. The van der Waals surface area contributed by atoms with E-state index in [1.807, 2.05) is 0 Å². The van der Waals surface area contributed by atoms with Crippen molar-refractivity contribution in [1.82, 2.24) is 0 Å². The van der Waals surface area contributed by atoms with Crippen LogP contribution in [0.1, 0.15) is 6.92 Å². The number of aromatic hydroxyl groups is 1. The molecule has 0 saturated carbocycles. The molecule has 0 saturated heterocycles. The summed E-state index contributed by atoms with van der Waals surface area (Å²) in [6, 6.07) is 9.36. The molecule has 10 heteroatoms. The van der Waals surface area contributed by atoms with Gasteiger partial charge in [-0.3, -0.25) is 9.35 Å². The van der Waals surface area contributed by atoms with E-state index < -0.39 is 10.1 Å². The smallest absolute Gasteiger partial charge is 0.506 e. The van der Waals surface area contributed by atoms with Gasteiger partial charge >= 0.3 is 29.6 Å². The molecule has 0 unspecified atom stereocenters. The van der Waals surface area contributed by atoms with Gasteiger partial charge in [0.25, 0.3) is 10.1 Å². The van der Waals surface area contributed by atoms with Crippen LogP contribution in [0, 0.1) is 0 Å². The molecule has 0 atom stereocenters. The van der Waals surface area contributed by atoms with Crippen LogP contribution in [-0.2, 0) is 14.9 Å². The molecular formula is C14H13N3NaO5S+. The molecule has 1 amide bonds. The number of rotatable bonds is 4. The van der Waals surface area contributed by atoms with E-state index in [9.17, 15) is 18.3 Å². The fraction of sp³-hybridized carbons (Fsp3) is 0.0714. The Bertz CT molecular complexity index is 866. The standard InChI is InChI=1S/C14H13N3O5S.Na/c1-9(18)15-11-4-7-14(19)13(8-11)17-16-10-2-5-12(6-3-10)23(20,21)22;/h2-8,19H,1H3,(H,15,18)(H,20,21,22);/q;+1. The maximum Gasteiger partial charge on any atom is 1.00 e. The second-order valence-corrected chi connectivity index (χ2v) is 5.98. The van der Waals surface area contributed by atoms with Gasteiger partial charge in [-0.2, -0.15) is 13.5 Å². The summed E-state index contributed by atoms with van der Waals surface area (Å²) in [5.41, 5.74) is 0.905. The monoisotopic (exact) mass is 358 g/mol. The number of carbonyl (C=O) groups excluding carboxylic acids is 1. The number of nitrogens with zero attached hydrogens (tertiary/aromatic N) is 2. The molecule has 0 spiro atoms. The van der Waals surface area contributed by atoms with E-state index in [1.54, 1.807) is 0 Å². The molecule has 2 aromatic carbocycles. The number of benzene rings is 2. The van der Waals surface area contributed by atoms with Gasteiger partial charge in [0.15, 0.2) is 0 Å². The molecule has 120 valence electrons. The third-order valence-corrected chi connectivity index (χ3v) is 3.57. The first kappa shape index (κ1) is 20.3. The maximum atomic E-state index is 11.0. The molecule has 0 aliphatic heterocycles. The molecule has 2 rings (SSSR count). The van der Waals surface area contributed by atoms with E-state index in [1.165, 1.54) is 49.4 Å². The summed E-state index contributed by atoms with van der Waals surface area (Å²) >= 11 is 0. The Hall–Kier alpha value is -1.78. The van der Waals surface area contributed by atoms with Crippen LogP contribution in [0.25, 0.3) is 0 Å². The van der Waals surface area contributed by atoms with Crippen molar-refractivity contribution in [2.45, 2.75) is 11.8 Å². The third-order valence-electron chi connectivity index (χ3n) is 2.70. The Morgan fingerprint density at radius 2 is 1.71 bits per heavy atom. The second-order valence-electron chi connectivity index (χ2n) is 4.55. The van der Waals surface area contributed by atoms with E-state index in [4.69, 9.17) is 4.55 Å². The van der Waals surface area contributed by atoms with Crippen molar-refractivity contribution in [2.75, 3.05) is 5.32 Å². The molecule has 24 heavy (non-hydrogen) atoms. The summed E-state index contributed by atoms with van der Waals surface area (Å²) in [5, 5.41) is 20.0. The van der Waals surface area contributed by atoms with Crippen LogP contribution in [0.3, 0.4) is 0 Å². The van der Waals surface area contributed by atoms with E-state index in [-0.39, 0.29) is 51.8 Å².